The number of hydrogen-bond acceptors (Lipinski definition) is 3. The van der Waals surface area contributed by atoms with Crippen molar-refractivity contribution in [2.24, 2.45) is 5.73 Å². The predicted octanol–water partition coefficient (Wildman–Crippen LogP) is 2.21. The second-order valence-corrected chi connectivity index (χ2v) is 5.31. The highest BCUT2D eigenvalue weighted by Gasteiger charge is 2.11. The maximum absolute atomic E-state index is 7.40. The molecule has 0 bridgehead atoms. The van der Waals surface area contributed by atoms with Gasteiger partial charge in [0.2, 0.25) is 0 Å². The lowest BCUT2D eigenvalue weighted by molar-refractivity contribution is 0.237. The summed E-state index contributed by atoms with van der Waals surface area (Å²) in [5.74, 6) is 0.872. The minimum Gasteiger partial charge on any atom is -0.492 e. The molecule has 3 N–H and O–H groups in total. The molecule has 1 aliphatic heterocycles. The highest BCUT2D eigenvalue weighted by molar-refractivity contribution is 9.10. The normalized spacial score (nSPS) is 15.8. The Kier molecular flexibility index (Phi) is 4.60. The van der Waals surface area contributed by atoms with Crippen LogP contribution >= 0.6 is 15.9 Å². The van der Waals surface area contributed by atoms with Crippen LogP contribution < -0.4 is 10.5 Å². The standard InChI is InChI=1S/C13H18BrN3O/c14-12-9-10(3-4-11(12)13(15)16)18-8-7-17-5-1-2-6-17/h3-4,9H,1-2,5-8H2,(H3,15,16). The third-order valence-corrected chi connectivity index (χ3v) is 3.76. The van der Waals surface area contributed by atoms with Gasteiger partial charge in [0.1, 0.15) is 18.2 Å². The first-order chi connectivity index (χ1) is 8.66. The third kappa shape index (κ3) is 3.46. The van der Waals surface area contributed by atoms with E-state index < -0.39 is 0 Å². The number of benzene rings is 1. The fraction of sp³-hybridized carbons (Fsp3) is 0.462. The lowest BCUT2D eigenvalue weighted by Gasteiger charge is -2.15. The van der Waals surface area contributed by atoms with Crippen molar-refractivity contribution in [2.75, 3.05) is 26.2 Å². The van der Waals surface area contributed by atoms with E-state index in [0.29, 0.717) is 12.2 Å². The molecule has 18 heavy (non-hydrogen) atoms. The van der Waals surface area contributed by atoms with Gasteiger partial charge >= 0.3 is 0 Å². The number of likely N-dealkylation sites (tertiary alicyclic amines) is 1. The van der Waals surface area contributed by atoms with Crippen LogP contribution in [-0.4, -0.2) is 37.0 Å². The summed E-state index contributed by atoms with van der Waals surface area (Å²) in [7, 11) is 0. The van der Waals surface area contributed by atoms with Crippen molar-refractivity contribution in [1.82, 2.24) is 4.90 Å². The van der Waals surface area contributed by atoms with Crippen LogP contribution in [0.25, 0.3) is 0 Å². The van der Waals surface area contributed by atoms with Gasteiger partial charge in [0.15, 0.2) is 0 Å². The van der Waals surface area contributed by atoms with Crippen LogP contribution in [0, 0.1) is 5.41 Å². The SMILES string of the molecule is N=C(N)c1ccc(OCCN2CCCC2)cc1Br. The lowest BCUT2D eigenvalue weighted by Crippen LogP contribution is -2.25. The molecule has 2 rings (SSSR count). The molecule has 0 aromatic heterocycles. The Morgan fingerprint density at radius 2 is 2.11 bits per heavy atom. The van der Waals surface area contributed by atoms with E-state index in [1.54, 1.807) is 6.07 Å². The van der Waals surface area contributed by atoms with Gasteiger partial charge in [-0.25, -0.2) is 0 Å². The van der Waals surface area contributed by atoms with Crippen LogP contribution in [-0.2, 0) is 0 Å². The molecule has 0 radical (unpaired) electrons. The Morgan fingerprint density at radius 1 is 1.39 bits per heavy atom. The first kappa shape index (κ1) is 13.4. The van der Waals surface area contributed by atoms with Gasteiger partial charge in [0, 0.05) is 16.6 Å². The van der Waals surface area contributed by atoms with E-state index in [-0.39, 0.29) is 5.84 Å². The summed E-state index contributed by atoms with van der Waals surface area (Å²) in [5.41, 5.74) is 6.15. The molecular formula is C13H18BrN3O. The molecule has 0 saturated carbocycles. The molecule has 0 spiro atoms. The van der Waals surface area contributed by atoms with Crippen molar-refractivity contribution in [2.45, 2.75) is 12.8 Å². The number of nitrogens with zero attached hydrogens (tertiary/aromatic N) is 1. The second-order valence-electron chi connectivity index (χ2n) is 4.45. The number of amidine groups is 1. The molecule has 0 unspecified atom stereocenters. The molecule has 1 aromatic carbocycles. The molecule has 1 aliphatic rings. The number of hydrogen-bond donors (Lipinski definition) is 2. The van der Waals surface area contributed by atoms with Crippen molar-refractivity contribution >= 4 is 21.8 Å². The van der Waals surface area contributed by atoms with Crippen LogP contribution in [0.15, 0.2) is 22.7 Å². The van der Waals surface area contributed by atoms with Crippen LogP contribution in [0.1, 0.15) is 18.4 Å². The molecule has 98 valence electrons. The van der Waals surface area contributed by atoms with E-state index in [2.05, 4.69) is 20.8 Å². The number of nitrogens with one attached hydrogen (secondary N) is 1. The summed E-state index contributed by atoms with van der Waals surface area (Å²) in [6, 6.07) is 5.52. The number of ether oxygens (including phenoxy) is 1. The smallest absolute Gasteiger partial charge is 0.123 e. The Morgan fingerprint density at radius 3 is 2.72 bits per heavy atom. The Bertz CT molecular complexity index is 430. The van der Waals surface area contributed by atoms with Gasteiger partial charge in [0.25, 0.3) is 0 Å². The number of nitrogens with two attached hydrogens (primary N) is 1. The highest BCUT2D eigenvalue weighted by atomic mass is 79.9. The molecule has 0 amide bonds. The summed E-state index contributed by atoms with van der Waals surface area (Å²) >= 11 is 3.39. The first-order valence-electron chi connectivity index (χ1n) is 6.16. The fourth-order valence-corrected chi connectivity index (χ4v) is 2.67. The second kappa shape index (κ2) is 6.20. The molecule has 0 aliphatic carbocycles. The van der Waals surface area contributed by atoms with Crippen molar-refractivity contribution < 1.29 is 4.74 Å². The van der Waals surface area contributed by atoms with Gasteiger partial charge < -0.3 is 10.5 Å². The van der Waals surface area contributed by atoms with Gasteiger partial charge in [-0.2, -0.15) is 0 Å². The van der Waals surface area contributed by atoms with Crippen molar-refractivity contribution in [1.29, 1.82) is 5.41 Å². The van der Waals surface area contributed by atoms with Crippen LogP contribution in [0.3, 0.4) is 0 Å². The molecule has 4 nitrogen and oxygen atoms in total. The Hall–Kier alpha value is -1.07. The summed E-state index contributed by atoms with van der Waals surface area (Å²) in [6.07, 6.45) is 2.61. The molecule has 1 fully saturated rings. The maximum Gasteiger partial charge on any atom is 0.123 e. The van der Waals surface area contributed by atoms with Gasteiger partial charge in [-0.1, -0.05) is 0 Å². The number of nitrogen functional groups attached to an aromatic ring is 1. The Balaban J connectivity index is 1.85. The quantitative estimate of drug-likeness (QED) is 0.647. The monoisotopic (exact) mass is 311 g/mol. The van der Waals surface area contributed by atoms with Crippen LogP contribution in [0.5, 0.6) is 5.75 Å². The van der Waals surface area contributed by atoms with E-state index >= 15 is 0 Å². The van der Waals surface area contributed by atoms with Crippen molar-refractivity contribution in [3.05, 3.63) is 28.2 Å². The number of rotatable bonds is 5. The zero-order chi connectivity index (χ0) is 13.0. The van der Waals surface area contributed by atoms with Gasteiger partial charge in [-0.05, 0) is 60.1 Å². The molecule has 0 atom stereocenters. The third-order valence-electron chi connectivity index (χ3n) is 3.11. The molecular weight excluding hydrogens is 294 g/mol. The minimum atomic E-state index is 0.0606. The van der Waals surface area contributed by atoms with Crippen LogP contribution in [0.4, 0.5) is 0 Å². The molecule has 5 heteroatoms. The first-order valence-corrected chi connectivity index (χ1v) is 6.95. The van der Waals surface area contributed by atoms with Crippen molar-refractivity contribution in [3.8, 4) is 5.75 Å². The zero-order valence-electron chi connectivity index (χ0n) is 10.3. The minimum absolute atomic E-state index is 0.0606. The molecule has 1 heterocycles. The van der Waals surface area contributed by atoms with E-state index in [9.17, 15) is 0 Å². The largest absolute Gasteiger partial charge is 0.492 e. The van der Waals surface area contributed by atoms with E-state index in [1.165, 1.54) is 25.9 Å². The predicted molar refractivity (Wildman–Crippen MR) is 76.3 cm³/mol. The van der Waals surface area contributed by atoms with Crippen LogP contribution in [0.2, 0.25) is 0 Å². The summed E-state index contributed by atoms with van der Waals surface area (Å²) in [6.45, 7) is 4.06. The van der Waals surface area contributed by atoms with Gasteiger partial charge in [-0.15, -0.1) is 0 Å². The zero-order valence-corrected chi connectivity index (χ0v) is 11.9. The number of halogens is 1. The maximum atomic E-state index is 7.40. The van der Waals surface area contributed by atoms with E-state index in [4.69, 9.17) is 15.9 Å². The Labute approximate surface area is 116 Å². The van der Waals surface area contributed by atoms with E-state index in [1.807, 2.05) is 12.1 Å². The average molecular weight is 312 g/mol. The molecule has 1 saturated heterocycles. The summed E-state index contributed by atoms with van der Waals surface area (Å²) in [5, 5.41) is 7.40. The van der Waals surface area contributed by atoms with Gasteiger partial charge in [0.05, 0.1) is 0 Å². The topological polar surface area (TPSA) is 62.3 Å². The average Bonchev–Trinajstić information content (AvgIpc) is 2.81. The summed E-state index contributed by atoms with van der Waals surface area (Å²) < 4.78 is 6.50. The highest BCUT2D eigenvalue weighted by Crippen LogP contribution is 2.22. The van der Waals surface area contributed by atoms with Crippen molar-refractivity contribution in [3.63, 3.8) is 0 Å². The molecule has 1 aromatic rings. The lowest BCUT2D eigenvalue weighted by atomic mass is 10.2. The van der Waals surface area contributed by atoms with E-state index in [0.717, 1.165) is 16.8 Å². The van der Waals surface area contributed by atoms with Gasteiger partial charge in [-0.3, -0.25) is 10.3 Å². The summed E-state index contributed by atoms with van der Waals surface area (Å²) in [4.78, 5) is 2.42. The fourth-order valence-electron chi connectivity index (χ4n) is 2.10.